The van der Waals surface area contributed by atoms with E-state index in [1.165, 1.54) is 4.31 Å². The van der Waals surface area contributed by atoms with Gasteiger partial charge >= 0.3 is 16.2 Å². The molecule has 1 aliphatic rings. The molecule has 1 fully saturated rings. The number of nitrogens with one attached hydrogen (secondary N) is 2. The van der Waals surface area contributed by atoms with Gasteiger partial charge in [-0.2, -0.15) is 12.7 Å². The number of carbonyl (C=O) groups excluding carboxylic acids is 1. The van der Waals surface area contributed by atoms with Crippen molar-refractivity contribution in [2.75, 3.05) is 18.4 Å². The number of anilines is 1. The molecule has 28 heavy (non-hydrogen) atoms. The topological polar surface area (TPSA) is 87.7 Å². The maximum absolute atomic E-state index is 12.6. The largest absolute Gasteiger partial charge is 0.373 e. The number of halogens is 1. The van der Waals surface area contributed by atoms with Gasteiger partial charge in [0.05, 0.1) is 12.2 Å². The molecule has 9 heteroatoms. The molecule has 0 radical (unpaired) electrons. The summed E-state index contributed by atoms with van der Waals surface area (Å²) < 4.78 is 34.2. The van der Waals surface area contributed by atoms with Crippen molar-refractivity contribution >= 4 is 33.5 Å². The van der Waals surface area contributed by atoms with E-state index in [0.29, 0.717) is 10.7 Å². The van der Waals surface area contributed by atoms with Crippen molar-refractivity contribution in [2.24, 2.45) is 0 Å². The molecule has 0 saturated carbocycles. The quantitative estimate of drug-likeness (QED) is 0.735. The van der Waals surface area contributed by atoms with Crippen LogP contribution in [0.1, 0.15) is 64.5 Å². The van der Waals surface area contributed by atoms with Gasteiger partial charge in [-0.1, -0.05) is 39.3 Å². The van der Waals surface area contributed by atoms with E-state index < -0.39 is 16.2 Å². The van der Waals surface area contributed by atoms with Crippen molar-refractivity contribution in [3.8, 4) is 0 Å². The number of carbonyl (C=O) groups is 1. The van der Waals surface area contributed by atoms with Crippen molar-refractivity contribution in [1.29, 1.82) is 0 Å². The maximum Gasteiger partial charge on any atom is 0.333 e. The SMILES string of the molecule is CC1CN(S(=O)(=O)NC(=O)Nc2c(C(C)C)cc(Cl)cc2C(C)C)CC(C)O1. The summed E-state index contributed by atoms with van der Waals surface area (Å²) in [5.74, 6) is 0.202. The molecule has 2 amide bonds. The Labute approximate surface area is 173 Å². The van der Waals surface area contributed by atoms with Crippen LogP contribution in [0, 0.1) is 0 Å². The lowest BCUT2D eigenvalue weighted by molar-refractivity contribution is -0.0442. The molecule has 0 bridgehead atoms. The molecule has 2 rings (SSSR count). The molecule has 158 valence electrons. The third-order valence-corrected chi connectivity index (χ3v) is 6.23. The summed E-state index contributed by atoms with van der Waals surface area (Å²) in [5, 5.41) is 3.33. The van der Waals surface area contributed by atoms with Crippen LogP contribution in [0.3, 0.4) is 0 Å². The molecule has 1 aromatic carbocycles. The highest BCUT2D eigenvalue weighted by Crippen LogP contribution is 2.35. The Kier molecular flexibility index (Phi) is 7.36. The van der Waals surface area contributed by atoms with Crippen LogP contribution >= 0.6 is 11.6 Å². The zero-order chi connectivity index (χ0) is 21.2. The van der Waals surface area contributed by atoms with E-state index >= 15 is 0 Å². The fourth-order valence-corrected chi connectivity index (χ4v) is 4.81. The van der Waals surface area contributed by atoms with Crippen molar-refractivity contribution in [3.63, 3.8) is 0 Å². The van der Waals surface area contributed by atoms with Crippen LogP contribution in [0.15, 0.2) is 12.1 Å². The lowest BCUT2D eigenvalue weighted by Crippen LogP contribution is -2.53. The molecular weight excluding hydrogens is 402 g/mol. The number of nitrogens with zero attached hydrogens (tertiary/aromatic N) is 1. The molecule has 2 unspecified atom stereocenters. The van der Waals surface area contributed by atoms with Gasteiger partial charge in [-0.3, -0.25) is 0 Å². The second kappa shape index (κ2) is 8.98. The van der Waals surface area contributed by atoms with Crippen LogP contribution in [0.25, 0.3) is 0 Å². The Balaban J connectivity index is 2.25. The summed E-state index contributed by atoms with van der Waals surface area (Å²) in [6, 6.07) is 2.80. The van der Waals surface area contributed by atoms with Crippen molar-refractivity contribution in [3.05, 3.63) is 28.3 Å². The summed E-state index contributed by atoms with van der Waals surface area (Å²) in [7, 11) is -3.98. The highest BCUT2D eigenvalue weighted by atomic mass is 35.5. The lowest BCUT2D eigenvalue weighted by Gasteiger charge is -2.34. The number of hydrogen-bond acceptors (Lipinski definition) is 4. The molecule has 0 spiro atoms. The van der Waals surface area contributed by atoms with Crippen LogP contribution in [-0.2, 0) is 14.9 Å². The molecule has 1 aliphatic heterocycles. The first kappa shape index (κ1) is 22.9. The fourth-order valence-electron chi connectivity index (χ4n) is 3.35. The number of ether oxygens (including phenoxy) is 1. The Morgan fingerprint density at radius 3 is 2.00 bits per heavy atom. The van der Waals surface area contributed by atoms with Crippen LogP contribution in [-0.4, -0.2) is 44.1 Å². The minimum atomic E-state index is -3.98. The first-order valence-corrected chi connectivity index (χ1v) is 11.3. The Morgan fingerprint density at radius 1 is 1.11 bits per heavy atom. The minimum Gasteiger partial charge on any atom is -0.373 e. The summed E-state index contributed by atoms with van der Waals surface area (Å²) >= 11 is 6.24. The molecule has 0 aromatic heterocycles. The Bertz CT molecular complexity index is 787. The third-order valence-electron chi connectivity index (χ3n) is 4.59. The number of rotatable bonds is 5. The maximum atomic E-state index is 12.6. The normalized spacial score (nSPS) is 21.2. The predicted molar refractivity (Wildman–Crippen MR) is 112 cm³/mol. The van der Waals surface area contributed by atoms with Gasteiger partial charge in [0, 0.05) is 23.8 Å². The van der Waals surface area contributed by atoms with Gasteiger partial charge in [0.25, 0.3) is 0 Å². The second-order valence-corrected chi connectivity index (χ2v) is 10.0. The fraction of sp³-hybridized carbons (Fsp3) is 0.632. The molecule has 7 nitrogen and oxygen atoms in total. The summed E-state index contributed by atoms with van der Waals surface area (Å²) in [4.78, 5) is 12.6. The number of amides is 2. The third kappa shape index (κ3) is 5.59. The van der Waals surface area contributed by atoms with E-state index in [1.807, 2.05) is 27.7 Å². The minimum absolute atomic E-state index is 0.101. The van der Waals surface area contributed by atoms with E-state index in [-0.39, 0.29) is 37.1 Å². The van der Waals surface area contributed by atoms with E-state index in [2.05, 4.69) is 10.0 Å². The molecule has 1 aromatic rings. The standard InChI is InChI=1S/C19H30ClN3O4S/c1-11(2)16-7-15(20)8-17(12(3)4)18(16)21-19(24)22-28(25,26)23-9-13(5)27-14(6)10-23/h7-8,11-14H,9-10H2,1-6H3,(H2,21,22,24). The zero-order valence-electron chi connectivity index (χ0n) is 17.2. The van der Waals surface area contributed by atoms with Crippen molar-refractivity contribution < 1.29 is 17.9 Å². The first-order chi connectivity index (χ1) is 12.9. The van der Waals surface area contributed by atoms with Gasteiger partial charge in [0.1, 0.15) is 0 Å². The second-order valence-electron chi connectivity index (χ2n) is 7.90. The summed E-state index contributed by atoms with van der Waals surface area (Å²) in [5.41, 5.74) is 2.32. The summed E-state index contributed by atoms with van der Waals surface area (Å²) in [6.07, 6.45) is -0.473. The van der Waals surface area contributed by atoms with E-state index in [9.17, 15) is 13.2 Å². The number of morpholine rings is 1. The average molecular weight is 432 g/mol. The van der Waals surface area contributed by atoms with Gasteiger partial charge in [0.15, 0.2) is 0 Å². The number of urea groups is 1. The van der Waals surface area contributed by atoms with Crippen molar-refractivity contribution in [2.45, 2.75) is 65.6 Å². The predicted octanol–water partition coefficient (Wildman–Crippen LogP) is 4.06. The van der Waals surface area contributed by atoms with E-state index in [1.54, 1.807) is 26.0 Å². The average Bonchev–Trinajstić information content (AvgIpc) is 2.54. The van der Waals surface area contributed by atoms with Crippen molar-refractivity contribution in [1.82, 2.24) is 9.03 Å². The molecule has 2 atom stereocenters. The molecular formula is C19H30ClN3O4S. The highest BCUT2D eigenvalue weighted by molar-refractivity contribution is 7.87. The van der Waals surface area contributed by atoms with Crippen LogP contribution in [0.2, 0.25) is 5.02 Å². The van der Waals surface area contributed by atoms with E-state index in [4.69, 9.17) is 16.3 Å². The number of hydrogen-bond donors (Lipinski definition) is 2. The Morgan fingerprint density at radius 2 is 1.57 bits per heavy atom. The smallest absolute Gasteiger partial charge is 0.333 e. The first-order valence-electron chi connectivity index (χ1n) is 9.48. The summed E-state index contributed by atoms with van der Waals surface area (Å²) in [6.45, 7) is 12.0. The van der Waals surface area contributed by atoms with Gasteiger partial charge in [-0.25, -0.2) is 9.52 Å². The van der Waals surface area contributed by atoms with Gasteiger partial charge < -0.3 is 10.1 Å². The number of benzene rings is 1. The van der Waals surface area contributed by atoms with Crippen LogP contribution in [0.4, 0.5) is 10.5 Å². The van der Waals surface area contributed by atoms with Gasteiger partial charge in [-0.15, -0.1) is 0 Å². The lowest BCUT2D eigenvalue weighted by atomic mass is 9.92. The molecule has 1 heterocycles. The van der Waals surface area contributed by atoms with E-state index in [0.717, 1.165) is 11.1 Å². The Hall–Kier alpha value is -1.35. The molecule has 2 N–H and O–H groups in total. The molecule has 0 aliphatic carbocycles. The zero-order valence-corrected chi connectivity index (χ0v) is 18.8. The van der Waals surface area contributed by atoms with Gasteiger partial charge in [0.2, 0.25) is 0 Å². The highest BCUT2D eigenvalue weighted by Gasteiger charge is 2.32. The molecule has 1 saturated heterocycles. The van der Waals surface area contributed by atoms with Crippen LogP contribution in [0.5, 0.6) is 0 Å². The monoisotopic (exact) mass is 431 g/mol. The van der Waals surface area contributed by atoms with Gasteiger partial charge in [-0.05, 0) is 48.9 Å². The van der Waals surface area contributed by atoms with Crippen LogP contribution < -0.4 is 10.0 Å².